The van der Waals surface area contributed by atoms with Crippen LogP contribution >= 0.6 is 0 Å². The van der Waals surface area contributed by atoms with Crippen LogP contribution in [-0.4, -0.2) is 37.0 Å². The molecule has 0 saturated heterocycles. The summed E-state index contributed by atoms with van der Waals surface area (Å²) in [5.74, 6) is -0.206. The lowest BCUT2D eigenvalue weighted by Crippen LogP contribution is -2.27. The molecule has 0 aliphatic carbocycles. The Morgan fingerprint density at radius 3 is 1.14 bits per heavy atom. The Labute approximate surface area is 313 Å². The van der Waals surface area contributed by atoms with E-state index in [1.807, 2.05) is 0 Å². The molecular weight excluding hydrogens is 617 g/mol. The number of rotatable bonds is 42. The number of esters is 1. The second-order valence-electron chi connectivity index (χ2n) is 15.1. The smallest absolute Gasteiger partial charge is 0.306 e. The molecule has 0 amide bonds. The van der Waals surface area contributed by atoms with E-state index in [2.05, 4.69) is 38.2 Å². The van der Waals surface area contributed by atoms with E-state index < -0.39 is 6.10 Å². The Hall–Kier alpha value is -1.13. The first-order chi connectivity index (χ1) is 24.7. The summed E-state index contributed by atoms with van der Waals surface area (Å²) in [6, 6.07) is 0. The first kappa shape index (κ1) is 48.9. The minimum atomic E-state index is -0.536. The largest absolute Gasteiger partial charge is 0.457 e. The Morgan fingerprint density at radius 2 is 0.780 bits per heavy atom. The van der Waals surface area contributed by atoms with Gasteiger partial charge in [0.05, 0.1) is 13.2 Å². The predicted molar refractivity (Wildman–Crippen MR) is 219 cm³/mol. The van der Waals surface area contributed by atoms with Crippen molar-refractivity contribution >= 4 is 5.97 Å². The second kappa shape index (κ2) is 44.0. The van der Waals surface area contributed by atoms with Gasteiger partial charge in [-0.2, -0.15) is 0 Å². The van der Waals surface area contributed by atoms with Crippen LogP contribution < -0.4 is 0 Å². The van der Waals surface area contributed by atoms with Crippen LogP contribution in [0.3, 0.4) is 0 Å². The maximum atomic E-state index is 12.2. The number of hydrogen-bond acceptors (Lipinski definition) is 4. The van der Waals surface area contributed by atoms with E-state index in [-0.39, 0.29) is 12.6 Å². The van der Waals surface area contributed by atoms with Crippen molar-refractivity contribution in [3.8, 4) is 0 Å². The average Bonchev–Trinajstić information content (AvgIpc) is 3.12. The molecule has 0 radical (unpaired) electrons. The maximum Gasteiger partial charge on any atom is 0.306 e. The zero-order valence-corrected chi connectivity index (χ0v) is 33.9. The minimum absolute atomic E-state index is 0.172. The van der Waals surface area contributed by atoms with Crippen molar-refractivity contribution in [2.75, 3.05) is 19.8 Å². The molecule has 1 unspecified atom stereocenters. The highest BCUT2D eigenvalue weighted by molar-refractivity contribution is 5.69. The summed E-state index contributed by atoms with van der Waals surface area (Å²) in [6.45, 7) is 5.36. The van der Waals surface area contributed by atoms with E-state index in [0.717, 1.165) is 19.3 Å². The zero-order valence-electron chi connectivity index (χ0n) is 33.9. The monoisotopic (exact) mass is 705 g/mol. The minimum Gasteiger partial charge on any atom is -0.457 e. The molecule has 4 nitrogen and oxygen atoms in total. The third-order valence-corrected chi connectivity index (χ3v) is 10.00. The summed E-state index contributed by atoms with van der Waals surface area (Å²) in [4.78, 5) is 12.2. The molecule has 296 valence electrons. The van der Waals surface area contributed by atoms with E-state index in [9.17, 15) is 9.90 Å². The van der Waals surface area contributed by atoms with Crippen molar-refractivity contribution in [1.29, 1.82) is 0 Å². The molecule has 0 heterocycles. The lowest BCUT2D eigenvalue weighted by molar-refractivity contribution is -0.154. The molecule has 1 atom stereocenters. The van der Waals surface area contributed by atoms with Gasteiger partial charge in [-0.05, 0) is 64.2 Å². The number of unbranched alkanes of at least 4 members (excludes halogenated alkanes) is 30. The second-order valence-corrected chi connectivity index (χ2v) is 15.1. The van der Waals surface area contributed by atoms with Crippen LogP contribution in [0.15, 0.2) is 24.3 Å². The van der Waals surface area contributed by atoms with Crippen LogP contribution in [0.1, 0.15) is 239 Å². The Kier molecular flexibility index (Phi) is 43.0. The summed E-state index contributed by atoms with van der Waals surface area (Å²) >= 11 is 0. The highest BCUT2D eigenvalue weighted by atomic mass is 16.6. The van der Waals surface area contributed by atoms with Crippen LogP contribution in [-0.2, 0) is 14.3 Å². The summed E-state index contributed by atoms with van der Waals surface area (Å²) in [7, 11) is 0. The Bertz CT molecular complexity index is 702. The number of allylic oxidation sites excluding steroid dienone is 4. The van der Waals surface area contributed by atoms with Crippen LogP contribution in [0, 0.1) is 0 Å². The number of carbonyl (C=O) groups excluding carboxylic acids is 1. The van der Waals surface area contributed by atoms with Gasteiger partial charge in [0, 0.05) is 13.0 Å². The standard InChI is InChI=1S/C46H88O4/c1-3-5-7-9-11-13-15-17-19-21-22-23-24-25-26-28-30-32-34-36-38-40-42-49-44-45(43-47)50-46(48)41-39-37-35-33-31-29-27-20-18-16-14-12-10-8-6-4-2/h20-22,27,45,47H,3-19,23-26,28-44H2,1-2H3/b22-21-,27-20-. The van der Waals surface area contributed by atoms with Gasteiger partial charge in [-0.3, -0.25) is 4.79 Å². The maximum absolute atomic E-state index is 12.2. The van der Waals surface area contributed by atoms with Crippen LogP contribution in [0.25, 0.3) is 0 Å². The Morgan fingerprint density at radius 1 is 0.460 bits per heavy atom. The topological polar surface area (TPSA) is 55.8 Å². The highest BCUT2D eigenvalue weighted by Crippen LogP contribution is 2.14. The van der Waals surface area contributed by atoms with E-state index in [0.29, 0.717) is 19.6 Å². The fourth-order valence-electron chi connectivity index (χ4n) is 6.61. The zero-order chi connectivity index (χ0) is 36.3. The third-order valence-electron chi connectivity index (χ3n) is 10.00. The van der Waals surface area contributed by atoms with Crippen molar-refractivity contribution in [2.24, 2.45) is 0 Å². The highest BCUT2D eigenvalue weighted by Gasteiger charge is 2.13. The van der Waals surface area contributed by atoms with Gasteiger partial charge in [-0.25, -0.2) is 0 Å². The first-order valence-corrected chi connectivity index (χ1v) is 22.4. The molecule has 4 heteroatoms. The van der Waals surface area contributed by atoms with Gasteiger partial charge in [0.15, 0.2) is 0 Å². The van der Waals surface area contributed by atoms with Crippen molar-refractivity contribution in [2.45, 2.75) is 245 Å². The number of aliphatic hydroxyl groups excluding tert-OH is 1. The first-order valence-electron chi connectivity index (χ1n) is 22.4. The van der Waals surface area contributed by atoms with E-state index in [1.54, 1.807) is 0 Å². The normalized spacial score (nSPS) is 12.5. The van der Waals surface area contributed by atoms with Crippen LogP contribution in [0.2, 0.25) is 0 Å². The van der Waals surface area contributed by atoms with Crippen LogP contribution in [0.4, 0.5) is 0 Å². The SMILES string of the molecule is CCCCCCCCC/C=C\CCCCCCCC(=O)OC(CO)COCCCCCCCCCCCC/C=C\CCCCCCCCCC. The lowest BCUT2D eigenvalue weighted by Gasteiger charge is -2.15. The van der Waals surface area contributed by atoms with Gasteiger partial charge in [-0.1, -0.05) is 192 Å². The van der Waals surface area contributed by atoms with Crippen LogP contribution in [0.5, 0.6) is 0 Å². The van der Waals surface area contributed by atoms with Gasteiger partial charge in [0.25, 0.3) is 0 Å². The molecule has 0 rings (SSSR count). The number of carbonyl (C=O) groups is 1. The molecule has 1 N–H and O–H groups in total. The number of ether oxygens (including phenoxy) is 2. The van der Waals surface area contributed by atoms with E-state index in [4.69, 9.17) is 9.47 Å². The number of aliphatic hydroxyl groups is 1. The molecule has 50 heavy (non-hydrogen) atoms. The molecule has 0 aromatic heterocycles. The van der Waals surface area contributed by atoms with Gasteiger partial charge in [0.1, 0.15) is 6.10 Å². The quantitative estimate of drug-likeness (QED) is 0.0390. The fraction of sp³-hybridized carbons (Fsp3) is 0.891. The fourth-order valence-corrected chi connectivity index (χ4v) is 6.61. The molecule has 0 bridgehead atoms. The lowest BCUT2D eigenvalue weighted by atomic mass is 10.1. The van der Waals surface area contributed by atoms with Crippen molar-refractivity contribution < 1.29 is 19.4 Å². The molecule has 0 spiro atoms. The summed E-state index contributed by atoms with van der Waals surface area (Å²) in [5, 5.41) is 9.60. The molecule has 0 fully saturated rings. The average molecular weight is 705 g/mol. The summed E-state index contributed by atoms with van der Waals surface area (Å²) in [6.07, 6.45) is 53.9. The van der Waals surface area contributed by atoms with E-state index in [1.165, 1.54) is 199 Å². The van der Waals surface area contributed by atoms with Crippen molar-refractivity contribution in [1.82, 2.24) is 0 Å². The van der Waals surface area contributed by atoms with Gasteiger partial charge >= 0.3 is 5.97 Å². The predicted octanol–water partition coefficient (Wildman–Crippen LogP) is 14.7. The van der Waals surface area contributed by atoms with Gasteiger partial charge in [-0.15, -0.1) is 0 Å². The summed E-state index contributed by atoms with van der Waals surface area (Å²) in [5.41, 5.74) is 0. The molecule has 0 aliphatic heterocycles. The molecule has 0 saturated carbocycles. The molecular formula is C46H88O4. The Balaban J connectivity index is 3.40. The van der Waals surface area contributed by atoms with E-state index >= 15 is 0 Å². The number of hydrogen-bond donors (Lipinski definition) is 1. The van der Waals surface area contributed by atoms with Gasteiger partial charge in [0.2, 0.25) is 0 Å². The molecule has 0 aromatic rings. The molecule has 0 aromatic carbocycles. The van der Waals surface area contributed by atoms with Crippen molar-refractivity contribution in [3.05, 3.63) is 24.3 Å². The summed E-state index contributed by atoms with van der Waals surface area (Å²) < 4.78 is 11.2. The van der Waals surface area contributed by atoms with Gasteiger partial charge < -0.3 is 14.6 Å². The third kappa shape index (κ3) is 41.3. The van der Waals surface area contributed by atoms with Crippen molar-refractivity contribution in [3.63, 3.8) is 0 Å². The molecule has 0 aliphatic rings.